The molecule has 5 aromatic rings. The molecule has 0 saturated carbocycles. The number of sulfone groups is 1. The number of benzene rings is 3. The second kappa shape index (κ2) is 11.0. The molecule has 0 spiro atoms. The van der Waals surface area contributed by atoms with Gasteiger partial charge in [0, 0.05) is 42.5 Å². The molecule has 3 aromatic carbocycles. The molecule has 0 aliphatic carbocycles. The molecule has 1 aliphatic heterocycles. The second-order valence-corrected chi connectivity index (χ2v) is 13.6. The standard InChI is InChI=1S/C33H27F3N4O6S/c1-17-38-30(19-7-9-26-27(12-19)46-33(35,36)45-26)31(44-17)22-10-18(20-11-24(34)23(15-41)28(13-20)47(5,42)43)6-8-21(22)25-14-29(39-40(25)4)32(2,3)16-37/h6-14,41H,15H2,1-5H3. The summed E-state index contributed by atoms with van der Waals surface area (Å²) in [6, 6.07) is 15.6. The number of aliphatic hydroxyl groups is 1. The molecule has 14 heteroatoms. The first-order valence-corrected chi connectivity index (χ1v) is 16.0. The average Bonchev–Trinajstić information content (AvgIpc) is 3.68. The van der Waals surface area contributed by atoms with Crippen molar-refractivity contribution < 1.29 is 40.6 Å². The minimum Gasteiger partial charge on any atom is -0.440 e. The Hall–Kier alpha value is -5.13. The molecule has 10 nitrogen and oxygen atoms in total. The summed E-state index contributed by atoms with van der Waals surface area (Å²) >= 11 is 0. The van der Waals surface area contributed by atoms with Gasteiger partial charge in [-0.3, -0.25) is 4.68 Å². The van der Waals surface area contributed by atoms with Gasteiger partial charge in [0.2, 0.25) is 0 Å². The minimum atomic E-state index is -3.93. The van der Waals surface area contributed by atoms with Crippen LogP contribution in [-0.4, -0.2) is 40.8 Å². The molecule has 0 unspecified atom stereocenters. The number of oxazole rings is 1. The van der Waals surface area contributed by atoms with E-state index in [0.717, 1.165) is 12.3 Å². The summed E-state index contributed by atoms with van der Waals surface area (Å²) in [6.07, 6.45) is -2.90. The predicted molar refractivity (Wildman–Crippen MR) is 164 cm³/mol. The van der Waals surface area contributed by atoms with Gasteiger partial charge >= 0.3 is 6.29 Å². The van der Waals surface area contributed by atoms with E-state index in [9.17, 15) is 27.6 Å². The largest absolute Gasteiger partial charge is 0.586 e. The lowest BCUT2D eigenvalue weighted by Gasteiger charge is -2.14. The molecule has 2 aromatic heterocycles. The van der Waals surface area contributed by atoms with Crippen LogP contribution in [0, 0.1) is 24.1 Å². The summed E-state index contributed by atoms with van der Waals surface area (Å²) in [7, 11) is -2.22. The quantitative estimate of drug-likeness (QED) is 0.205. The van der Waals surface area contributed by atoms with Crippen LogP contribution in [0.25, 0.3) is 45.0 Å². The van der Waals surface area contributed by atoms with Gasteiger partial charge in [0.1, 0.15) is 11.5 Å². The van der Waals surface area contributed by atoms with Crippen molar-refractivity contribution in [2.75, 3.05) is 6.26 Å². The number of aryl methyl sites for hydroxylation is 2. The van der Waals surface area contributed by atoms with E-state index in [4.69, 9.17) is 4.42 Å². The topological polar surface area (TPSA) is 140 Å². The van der Waals surface area contributed by atoms with Crippen molar-refractivity contribution in [3.8, 4) is 62.5 Å². The molecule has 1 aliphatic rings. The van der Waals surface area contributed by atoms with E-state index in [1.807, 2.05) is 0 Å². The highest BCUT2D eigenvalue weighted by molar-refractivity contribution is 7.90. The van der Waals surface area contributed by atoms with Crippen LogP contribution in [-0.2, 0) is 28.9 Å². The van der Waals surface area contributed by atoms with Gasteiger partial charge in [-0.25, -0.2) is 17.8 Å². The zero-order valence-electron chi connectivity index (χ0n) is 25.7. The highest BCUT2D eigenvalue weighted by atomic mass is 32.2. The van der Waals surface area contributed by atoms with Crippen molar-refractivity contribution >= 4 is 9.84 Å². The molecular weight excluding hydrogens is 637 g/mol. The van der Waals surface area contributed by atoms with Crippen molar-refractivity contribution in [3.05, 3.63) is 77.6 Å². The normalized spacial score (nSPS) is 14.0. The van der Waals surface area contributed by atoms with E-state index < -0.39 is 34.0 Å². The van der Waals surface area contributed by atoms with Crippen molar-refractivity contribution in [2.45, 2.75) is 44.0 Å². The van der Waals surface area contributed by atoms with Crippen molar-refractivity contribution in [1.29, 1.82) is 5.26 Å². The molecule has 1 N–H and O–H groups in total. The lowest BCUT2D eigenvalue weighted by atomic mass is 9.90. The third-order valence-electron chi connectivity index (χ3n) is 7.79. The van der Waals surface area contributed by atoms with E-state index in [2.05, 4.69) is 25.6 Å². The molecule has 242 valence electrons. The number of hydrogen-bond acceptors (Lipinski definition) is 9. The van der Waals surface area contributed by atoms with Crippen LogP contribution >= 0.6 is 0 Å². The van der Waals surface area contributed by atoms with Crippen molar-refractivity contribution in [1.82, 2.24) is 14.8 Å². The number of ether oxygens (including phenoxy) is 2. The maximum absolute atomic E-state index is 15.2. The first kappa shape index (κ1) is 31.8. The summed E-state index contributed by atoms with van der Waals surface area (Å²) in [5, 5.41) is 24.0. The zero-order valence-corrected chi connectivity index (χ0v) is 26.5. The molecule has 3 heterocycles. The Morgan fingerprint density at radius 1 is 1.00 bits per heavy atom. The Morgan fingerprint density at radius 2 is 1.70 bits per heavy atom. The van der Waals surface area contributed by atoms with E-state index in [0.29, 0.717) is 33.6 Å². The van der Waals surface area contributed by atoms with Crippen LogP contribution in [0.2, 0.25) is 0 Å². The lowest BCUT2D eigenvalue weighted by molar-refractivity contribution is -0.286. The number of aromatic nitrogens is 3. The van der Waals surface area contributed by atoms with Gasteiger partial charge in [0.05, 0.1) is 34.4 Å². The number of hydrogen-bond donors (Lipinski definition) is 1. The van der Waals surface area contributed by atoms with Crippen LogP contribution in [0.5, 0.6) is 11.5 Å². The SMILES string of the molecule is Cc1nc(-c2ccc3c(c2)OC(F)(F)O3)c(-c2cc(-c3cc(F)c(CO)c(S(C)(=O)=O)c3)ccc2-c2cc(C(C)(C)C#N)nn2C)o1. The molecule has 47 heavy (non-hydrogen) atoms. The van der Waals surface area contributed by atoms with Gasteiger partial charge in [-0.2, -0.15) is 10.4 Å². The average molecular weight is 665 g/mol. The molecule has 0 radical (unpaired) electrons. The van der Waals surface area contributed by atoms with E-state index in [-0.39, 0.29) is 44.9 Å². The number of nitrogens with zero attached hydrogens (tertiary/aromatic N) is 4. The number of nitriles is 1. The Kier molecular flexibility index (Phi) is 7.45. The van der Waals surface area contributed by atoms with Gasteiger partial charge < -0.3 is 19.0 Å². The predicted octanol–water partition coefficient (Wildman–Crippen LogP) is 6.54. The molecule has 0 atom stereocenters. The van der Waals surface area contributed by atoms with Gasteiger partial charge in [0.25, 0.3) is 0 Å². The summed E-state index contributed by atoms with van der Waals surface area (Å²) < 4.78 is 84.8. The van der Waals surface area contributed by atoms with Crippen LogP contribution in [0.1, 0.15) is 31.0 Å². The van der Waals surface area contributed by atoms with E-state index in [1.165, 1.54) is 24.3 Å². The zero-order chi connectivity index (χ0) is 34.1. The van der Waals surface area contributed by atoms with Gasteiger partial charge in [-0.15, -0.1) is 8.78 Å². The Balaban J connectivity index is 1.60. The monoisotopic (exact) mass is 664 g/mol. The second-order valence-electron chi connectivity index (χ2n) is 11.6. The summed E-state index contributed by atoms with van der Waals surface area (Å²) in [5.74, 6) is -0.803. The van der Waals surface area contributed by atoms with Gasteiger partial charge in [-0.05, 0) is 67.4 Å². The molecular formula is C33H27F3N4O6S. The van der Waals surface area contributed by atoms with Crippen LogP contribution in [0.4, 0.5) is 13.2 Å². The number of rotatable bonds is 7. The molecule has 0 amide bonds. The number of alkyl halides is 2. The fourth-order valence-corrected chi connectivity index (χ4v) is 6.33. The number of halogens is 3. The highest BCUT2D eigenvalue weighted by Gasteiger charge is 2.43. The third kappa shape index (κ3) is 5.72. The number of fused-ring (bicyclic) bond motifs is 1. The third-order valence-corrected chi connectivity index (χ3v) is 8.96. The smallest absolute Gasteiger partial charge is 0.440 e. The maximum atomic E-state index is 15.2. The maximum Gasteiger partial charge on any atom is 0.586 e. The Bertz CT molecular complexity index is 2240. The minimum absolute atomic E-state index is 0.152. The Labute approximate surface area is 267 Å². The van der Waals surface area contributed by atoms with Gasteiger partial charge in [-0.1, -0.05) is 12.1 Å². The van der Waals surface area contributed by atoms with Crippen molar-refractivity contribution in [3.63, 3.8) is 0 Å². The summed E-state index contributed by atoms with van der Waals surface area (Å²) in [6.45, 7) is 4.25. The van der Waals surface area contributed by atoms with Crippen molar-refractivity contribution in [2.24, 2.45) is 7.05 Å². The molecule has 0 bridgehead atoms. The molecule has 0 fully saturated rings. The highest BCUT2D eigenvalue weighted by Crippen LogP contribution is 2.46. The van der Waals surface area contributed by atoms with Crippen LogP contribution in [0.3, 0.4) is 0 Å². The summed E-state index contributed by atoms with van der Waals surface area (Å²) in [4.78, 5) is 4.18. The fourth-order valence-electron chi connectivity index (χ4n) is 5.38. The number of aliphatic hydroxyl groups excluding tert-OH is 1. The van der Waals surface area contributed by atoms with Crippen LogP contribution < -0.4 is 9.47 Å². The van der Waals surface area contributed by atoms with E-state index in [1.54, 1.807) is 56.8 Å². The first-order chi connectivity index (χ1) is 22.0. The Morgan fingerprint density at radius 3 is 2.38 bits per heavy atom. The van der Waals surface area contributed by atoms with E-state index >= 15 is 4.39 Å². The van der Waals surface area contributed by atoms with Crippen LogP contribution in [0.15, 0.2) is 63.9 Å². The molecule has 6 rings (SSSR count). The first-order valence-electron chi connectivity index (χ1n) is 14.1. The molecule has 0 saturated heterocycles. The van der Waals surface area contributed by atoms with Gasteiger partial charge in [0.15, 0.2) is 33.0 Å². The fraction of sp³-hybridized carbons (Fsp3) is 0.242. The lowest BCUT2D eigenvalue weighted by Crippen LogP contribution is -2.25. The summed E-state index contributed by atoms with van der Waals surface area (Å²) in [5.41, 5.74) is 2.00.